The van der Waals surface area contributed by atoms with Gasteiger partial charge in [0.2, 0.25) is 0 Å². The first-order valence-corrected chi connectivity index (χ1v) is 11.7. The molecule has 3 aromatic carbocycles. The molecular formula is C29H32N4O2. The fourth-order valence-electron chi connectivity index (χ4n) is 3.71. The van der Waals surface area contributed by atoms with Crippen LogP contribution in [0.4, 0.5) is 5.69 Å². The van der Waals surface area contributed by atoms with E-state index in [1.807, 2.05) is 48.5 Å². The van der Waals surface area contributed by atoms with Crippen molar-refractivity contribution in [3.8, 4) is 6.07 Å². The van der Waals surface area contributed by atoms with Gasteiger partial charge in [-0.1, -0.05) is 51.1 Å². The topological polar surface area (TPSA) is 99.2 Å². The summed E-state index contributed by atoms with van der Waals surface area (Å²) in [5, 5.41) is 12.0. The van der Waals surface area contributed by atoms with Crippen LogP contribution in [0.5, 0.6) is 0 Å². The van der Waals surface area contributed by atoms with E-state index < -0.39 is 0 Å². The number of nitrogens with two attached hydrogens (primary N) is 1. The zero-order valence-electron chi connectivity index (χ0n) is 20.5. The van der Waals surface area contributed by atoms with Crippen LogP contribution in [0.25, 0.3) is 0 Å². The first kappa shape index (κ1) is 25.7. The molecule has 0 unspecified atom stereocenters. The molecule has 3 rings (SSSR count). The van der Waals surface area contributed by atoms with Gasteiger partial charge in [0.25, 0.3) is 11.8 Å². The lowest BCUT2D eigenvalue weighted by molar-refractivity contribution is 0.0742. The van der Waals surface area contributed by atoms with E-state index in [0.29, 0.717) is 48.4 Å². The van der Waals surface area contributed by atoms with E-state index >= 15 is 0 Å². The van der Waals surface area contributed by atoms with Crippen LogP contribution < -0.4 is 11.1 Å². The molecule has 6 nitrogen and oxygen atoms in total. The molecular weight excluding hydrogens is 436 g/mol. The van der Waals surface area contributed by atoms with Crippen molar-refractivity contribution < 1.29 is 9.59 Å². The number of carbonyl (C=O) groups excluding carboxylic acids is 2. The summed E-state index contributed by atoms with van der Waals surface area (Å²) in [6.07, 6.45) is 0.649. The summed E-state index contributed by atoms with van der Waals surface area (Å²) in [6.45, 7) is 7.65. The van der Waals surface area contributed by atoms with E-state index in [-0.39, 0.29) is 17.2 Å². The molecule has 180 valence electrons. The molecule has 0 bridgehead atoms. The van der Waals surface area contributed by atoms with Gasteiger partial charge >= 0.3 is 0 Å². The smallest absolute Gasteiger partial charge is 0.255 e. The summed E-state index contributed by atoms with van der Waals surface area (Å²) in [6, 6.07) is 23.7. The van der Waals surface area contributed by atoms with Gasteiger partial charge in [0.15, 0.2) is 0 Å². The van der Waals surface area contributed by atoms with Gasteiger partial charge in [-0.05, 0) is 72.0 Å². The highest BCUT2D eigenvalue weighted by Crippen LogP contribution is 2.23. The van der Waals surface area contributed by atoms with E-state index in [2.05, 4.69) is 32.2 Å². The van der Waals surface area contributed by atoms with Crippen LogP contribution in [0, 0.1) is 11.3 Å². The number of amides is 2. The van der Waals surface area contributed by atoms with Crippen molar-refractivity contribution in [3.05, 3.63) is 101 Å². The van der Waals surface area contributed by atoms with Gasteiger partial charge in [0, 0.05) is 29.9 Å². The molecule has 0 aliphatic carbocycles. The van der Waals surface area contributed by atoms with E-state index in [0.717, 1.165) is 11.1 Å². The van der Waals surface area contributed by atoms with Crippen LogP contribution in [0.1, 0.15) is 64.6 Å². The third kappa shape index (κ3) is 6.78. The molecule has 0 spiro atoms. The van der Waals surface area contributed by atoms with Crippen LogP contribution in [0.15, 0.2) is 72.8 Å². The van der Waals surface area contributed by atoms with Crippen molar-refractivity contribution in [1.29, 1.82) is 5.26 Å². The first-order chi connectivity index (χ1) is 16.7. The minimum absolute atomic E-state index is 0.00998. The molecule has 35 heavy (non-hydrogen) atoms. The third-order valence-electron chi connectivity index (χ3n) is 5.82. The minimum atomic E-state index is -0.204. The molecule has 2 amide bonds. The SMILES string of the molecule is CC(C)(C)c1ccc(C(=O)Nc2ccccc2CN(CCCN)C(=O)c2ccc(C#N)cc2)cc1. The number of rotatable bonds is 8. The lowest BCUT2D eigenvalue weighted by Crippen LogP contribution is -2.33. The maximum Gasteiger partial charge on any atom is 0.255 e. The number of nitrogens with zero attached hydrogens (tertiary/aromatic N) is 2. The summed E-state index contributed by atoms with van der Waals surface area (Å²) in [7, 11) is 0. The summed E-state index contributed by atoms with van der Waals surface area (Å²) in [4.78, 5) is 27.9. The van der Waals surface area contributed by atoms with Crippen LogP contribution in [0.2, 0.25) is 0 Å². The van der Waals surface area contributed by atoms with Gasteiger partial charge in [-0.3, -0.25) is 9.59 Å². The molecule has 0 aliphatic rings. The molecule has 3 N–H and O–H groups in total. The second-order valence-corrected chi connectivity index (χ2v) is 9.50. The van der Waals surface area contributed by atoms with Crippen LogP contribution in [-0.4, -0.2) is 29.8 Å². The third-order valence-corrected chi connectivity index (χ3v) is 5.82. The number of benzene rings is 3. The molecule has 3 aromatic rings. The number of para-hydroxylation sites is 1. The zero-order chi connectivity index (χ0) is 25.4. The summed E-state index contributed by atoms with van der Waals surface area (Å²) in [5.74, 6) is -0.355. The lowest BCUT2D eigenvalue weighted by atomic mass is 9.86. The van der Waals surface area contributed by atoms with Crippen molar-refractivity contribution in [2.45, 2.75) is 39.2 Å². The molecule has 0 saturated heterocycles. The normalized spacial score (nSPS) is 10.9. The Labute approximate surface area is 207 Å². The molecule has 0 aromatic heterocycles. The van der Waals surface area contributed by atoms with Gasteiger partial charge < -0.3 is 16.0 Å². The quantitative estimate of drug-likeness (QED) is 0.480. The molecule has 0 atom stereocenters. The first-order valence-electron chi connectivity index (χ1n) is 11.7. The monoisotopic (exact) mass is 468 g/mol. The van der Waals surface area contributed by atoms with Gasteiger partial charge in [0.1, 0.15) is 0 Å². The fourth-order valence-corrected chi connectivity index (χ4v) is 3.71. The number of carbonyl (C=O) groups is 2. The van der Waals surface area contributed by atoms with Crippen LogP contribution in [0.3, 0.4) is 0 Å². The minimum Gasteiger partial charge on any atom is -0.334 e. The number of nitriles is 1. The van der Waals surface area contributed by atoms with Crippen molar-refractivity contribution in [3.63, 3.8) is 0 Å². The largest absolute Gasteiger partial charge is 0.334 e. The Hall–Kier alpha value is -3.95. The van der Waals surface area contributed by atoms with Gasteiger partial charge in [-0.2, -0.15) is 5.26 Å². The molecule has 0 aliphatic heterocycles. The van der Waals surface area contributed by atoms with E-state index in [1.54, 1.807) is 29.2 Å². The second kappa shape index (κ2) is 11.5. The fraction of sp³-hybridized carbons (Fsp3) is 0.276. The Balaban J connectivity index is 1.80. The number of hydrogen-bond donors (Lipinski definition) is 2. The average molecular weight is 469 g/mol. The van der Waals surface area contributed by atoms with Crippen molar-refractivity contribution in [1.82, 2.24) is 4.90 Å². The van der Waals surface area contributed by atoms with Crippen LogP contribution in [-0.2, 0) is 12.0 Å². The molecule has 0 heterocycles. The Bertz CT molecular complexity index is 1200. The lowest BCUT2D eigenvalue weighted by Gasteiger charge is -2.24. The number of anilines is 1. The Morgan fingerprint density at radius 3 is 2.17 bits per heavy atom. The van der Waals surface area contributed by atoms with Crippen molar-refractivity contribution in [2.75, 3.05) is 18.4 Å². The van der Waals surface area contributed by atoms with E-state index in [1.165, 1.54) is 0 Å². The summed E-state index contributed by atoms with van der Waals surface area (Å²) in [5.41, 5.74) is 9.93. The predicted molar refractivity (Wildman–Crippen MR) is 139 cm³/mol. The Kier molecular flexibility index (Phi) is 8.40. The highest BCUT2D eigenvalue weighted by molar-refractivity contribution is 6.04. The average Bonchev–Trinajstić information content (AvgIpc) is 2.86. The number of hydrogen-bond acceptors (Lipinski definition) is 4. The maximum atomic E-state index is 13.2. The van der Waals surface area contributed by atoms with Crippen molar-refractivity contribution in [2.24, 2.45) is 5.73 Å². The number of nitrogens with one attached hydrogen (secondary N) is 1. The molecule has 0 radical (unpaired) electrons. The molecule has 6 heteroatoms. The summed E-state index contributed by atoms with van der Waals surface area (Å²) < 4.78 is 0. The van der Waals surface area contributed by atoms with Crippen LogP contribution >= 0.6 is 0 Å². The predicted octanol–water partition coefficient (Wildman–Crippen LogP) is 5.10. The van der Waals surface area contributed by atoms with Gasteiger partial charge in [-0.25, -0.2) is 0 Å². The maximum absolute atomic E-state index is 13.2. The van der Waals surface area contributed by atoms with Crippen molar-refractivity contribution >= 4 is 17.5 Å². The zero-order valence-corrected chi connectivity index (χ0v) is 20.5. The molecule has 0 saturated carbocycles. The Morgan fingerprint density at radius 1 is 0.943 bits per heavy atom. The standard InChI is InChI=1S/C29H32N4O2/c1-29(2,3)25-15-13-22(14-16-25)27(34)32-26-8-5-4-7-24(26)20-33(18-6-17-30)28(35)23-11-9-21(19-31)10-12-23/h4-5,7-16H,6,17-18,20,30H2,1-3H3,(H,32,34). The highest BCUT2D eigenvalue weighted by atomic mass is 16.2. The van der Waals surface area contributed by atoms with Gasteiger partial charge in [-0.15, -0.1) is 0 Å². The highest BCUT2D eigenvalue weighted by Gasteiger charge is 2.19. The van der Waals surface area contributed by atoms with E-state index in [9.17, 15) is 9.59 Å². The van der Waals surface area contributed by atoms with Gasteiger partial charge in [0.05, 0.1) is 11.6 Å². The summed E-state index contributed by atoms with van der Waals surface area (Å²) >= 11 is 0. The Morgan fingerprint density at radius 2 is 1.57 bits per heavy atom. The molecule has 0 fully saturated rings. The van der Waals surface area contributed by atoms with E-state index in [4.69, 9.17) is 11.0 Å². The second-order valence-electron chi connectivity index (χ2n) is 9.50.